The van der Waals surface area contributed by atoms with E-state index in [-0.39, 0.29) is 11.5 Å². The van der Waals surface area contributed by atoms with Gasteiger partial charge in [-0.3, -0.25) is 0 Å². The molecule has 0 amide bonds. The number of benzene rings is 2. The van der Waals surface area contributed by atoms with Crippen molar-refractivity contribution in [2.75, 3.05) is 0 Å². The lowest BCUT2D eigenvalue weighted by molar-refractivity contribution is 0.402. The third-order valence-corrected chi connectivity index (χ3v) is 3.18. The van der Waals surface area contributed by atoms with Gasteiger partial charge in [-0.25, -0.2) is 0 Å². The molecule has 0 radical (unpaired) electrons. The van der Waals surface area contributed by atoms with E-state index in [9.17, 15) is 10.2 Å². The molecule has 0 spiro atoms. The molecule has 0 bridgehead atoms. The van der Waals surface area contributed by atoms with E-state index in [0.717, 1.165) is 24.0 Å². The number of aromatic hydroxyl groups is 2. The van der Waals surface area contributed by atoms with Crippen LogP contribution in [0.5, 0.6) is 11.5 Å². The van der Waals surface area contributed by atoms with Gasteiger partial charge in [0.15, 0.2) is 11.5 Å². The average Bonchev–Trinajstić information content (AvgIpc) is 2.28. The zero-order valence-corrected chi connectivity index (χ0v) is 8.77. The molecule has 16 heavy (non-hydrogen) atoms. The maximum atomic E-state index is 9.47. The summed E-state index contributed by atoms with van der Waals surface area (Å²) in [4.78, 5) is 0. The van der Waals surface area contributed by atoms with Gasteiger partial charge in [0.05, 0.1) is 0 Å². The lowest BCUT2D eigenvalue weighted by Gasteiger charge is -2.19. The summed E-state index contributed by atoms with van der Waals surface area (Å²) in [6, 6.07) is 11.6. The van der Waals surface area contributed by atoms with Gasteiger partial charge in [-0.15, -0.1) is 0 Å². The van der Waals surface area contributed by atoms with Crippen molar-refractivity contribution in [2.45, 2.75) is 12.8 Å². The first kappa shape index (κ1) is 9.28. The van der Waals surface area contributed by atoms with Crippen LogP contribution < -0.4 is 0 Å². The van der Waals surface area contributed by atoms with E-state index >= 15 is 0 Å². The van der Waals surface area contributed by atoms with Gasteiger partial charge >= 0.3 is 0 Å². The van der Waals surface area contributed by atoms with Crippen LogP contribution in [0.15, 0.2) is 36.4 Å². The second kappa shape index (κ2) is 3.27. The van der Waals surface area contributed by atoms with Gasteiger partial charge in [0.25, 0.3) is 0 Å². The van der Waals surface area contributed by atoms with Crippen molar-refractivity contribution in [2.24, 2.45) is 0 Å². The fourth-order valence-electron chi connectivity index (χ4n) is 2.31. The molecule has 0 saturated heterocycles. The van der Waals surface area contributed by atoms with Crippen molar-refractivity contribution in [1.29, 1.82) is 0 Å². The number of hydrogen-bond donors (Lipinski definition) is 2. The Labute approximate surface area is 93.8 Å². The molecule has 0 atom stereocenters. The predicted octanol–water partition coefficient (Wildman–Crippen LogP) is 2.59. The molecule has 0 fully saturated rings. The summed E-state index contributed by atoms with van der Waals surface area (Å²) in [7, 11) is 0. The largest absolute Gasteiger partial charge is 0.504 e. The summed E-state index contributed by atoms with van der Waals surface area (Å²) in [5.74, 6) is -0.0590. The highest BCUT2D eigenvalue weighted by atomic mass is 16.3. The third kappa shape index (κ3) is 1.34. The van der Waals surface area contributed by atoms with Crippen LogP contribution in [0.4, 0.5) is 0 Å². The molecule has 1 aliphatic rings. The smallest absolute Gasteiger partial charge is 0.157 e. The minimum atomic E-state index is -0.0295. The molecule has 3 rings (SSSR count). The second-order valence-corrected chi connectivity index (χ2v) is 4.23. The Morgan fingerprint density at radius 1 is 0.688 bits per heavy atom. The number of hydrogen-bond acceptors (Lipinski definition) is 2. The summed E-state index contributed by atoms with van der Waals surface area (Å²) in [5, 5.41) is 18.9. The van der Waals surface area contributed by atoms with Crippen molar-refractivity contribution < 1.29 is 10.2 Å². The minimum absolute atomic E-state index is 0.0295. The van der Waals surface area contributed by atoms with Gasteiger partial charge in [-0.05, 0) is 47.2 Å². The van der Waals surface area contributed by atoms with E-state index in [4.69, 9.17) is 0 Å². The van der Waals surface area contributed by atoms with Crippen LogP contribution >= 0.6 is 0 Å². The summed E-state index contributed by atoms with van der Waals surface area (Å²) < 4.78 is 0. The fraction of sp³-hybridized carbons (Fsp3) is 0.143. The minimum Gasteiger partial charge on any atom is -0.504 e. The van der Waals surface area contributed by atoms with Crippen LogP contribution in [0.2, 0.25) is 0 Å². The molecule has 0 aliphatic heterocycles. The van der Waals surface area contributed by atoms with E-state index in [2.05, 4.69) is 12.1 Å². The molecule has 0 heterocycles. The zero-order chi connectivity index (χ0) is 11.1. The number of phenols is 2. The van der Waals surface area contributed by atoms with E-state index in [0.29, 0.717) is 0 Å². The topological polar surface area (TPSA) is 40.5 Å². The highest BCUT2D eigenvalue weighted by Gasteiger charge is 2.16. The Morgan fingerprint density at radius 2 is 1.12 bits per heavy atom. The fourth-order valence-corrected chi connectivity index (χ4v) is 2.31. The summed E-state index contributed by atoms with van der Waals surface area (Å²) in [5.41, 5.74) is 4.82. The van der Waals surface area contributed by atoms with Crippen molar-refractivity contribution >= 4 is 0 Å². The highest BCUT2D eigenvalue weighted by Crippen LogP contribution is 2.34. The van der Waals surface area contributed by atoms with E-state index in [1.807, 2.05) is 12.1 Å². The number of phenolic OH excluding ortho intramolecular Hbond substituents is 2. The zero-order valence-electron chi connectivity index (χ0n) is 8.77. The van der Waals surface area contributed by atoms with Crippen LogP contribution in [-0.2, 0) is 12.8 Å². The molecule has 1 aliphatic carbocycles. The number of fused-ring (bicyclic) bond motifs is 2. The molecule has 80 valence electrons. The van der Waals surface area contributed by atoms with E-state index < -0.39 is 0 Å². The molecule has 0 unspecified atom stereocenters. The summed E-state index contributed by atoms with van der Waals surface area (Å²) in [6.07, 6.45) is 1.67. The van der Waals surface area contributed by atoms with Crippen LogP contribution in [-0.4, -0.2) is 10.2 Å². The van der Waals surface area contributed by atoms with Crippen molar-refractivity contribution in [3.63, 3.8) is 0 Å². The van der Waals surface area contributed by atoms with Crippen LogP contribution in [0, 0.1) is 0 Å². The maximum Gasteiger partial charge on any atom is 0.157 e. The molecule has 2 heteroatoms. The first-order valence-electron chi connectivity index (χ1n) is 5.34. The number of rotatable bonds is 0. The molecule has 2 nitrogen and oxygen atoms in total. The lowest BCUT2D eigenvalue weighted by Crippen LogP contribution is -2.06. The van der Waals surface area contributed by atoms with Crippen molar-refractivity contribution in [1.82, 2.24) is 0 Å². The molecule has 2 N–H and O–H groups in total. The van der Waals surface area contributed by atoms with Gasteiger partial charge in [0, 0.05) is 0 Å². The van der Waals surface area contributed by atoms with Gasteiger partial charge in [-0.2, -0.15) is 0 Å². The quantitative estimate of drug-likeness (QED) is 0.562. The molecule has 0 saturated carbocycles. The van der Waals surface area contributed by atoms with Gasteiger partial charge in [-0.1, -0.05) is 24.3 Å². The Hall–Kier alpha value is -1.96. The van der Waals surface area contributed by atoms with Crippen LogP contribution in [0.25, 0.3) is 0 Å². The molecule has 2 aromatic carbocycles. The Morgan fingerprint density at radius 3 is 1.56 bits per heavy atom. The standard InChI is InChI=1S/C14H12O2/c15-13-7-11-5-9-3-1-2-4-10(9)6-12(11)8-14(13)16/h1-4,7-8,15-16H,5-6H2. The van der Waals surface area contributed by atoms with Crippen molar-refractivity contribution in [3.05, 3.63) is 58.7 Å². The van der Waals surface area contributed by atoms with Gasteiger partial charge in [0.1, 0.15) is 0 Å². The highest BCUT2D eigenvalue weighted by molar-refractivity contribution is 5.52. The predicted molar refractivity (Wildman–Crippen MR) is 61.8 cm³/mol. The third-order valence-electron chi connectivity index (χ3n) is 3.18. The Balaban J connectivity index is 2.12. The lowest BCUT2D eigenvalue weighted by atomic mass is 9.86. The summed E-state index contributed by atoms with van der Waals surface area (Å²) in [6.45, 7) is 0. The maximum absolute atomic E-state index is 9.47. The molecule has 2 aromatic rings. The van der Waals surface area contributed by atoms with Crippen LogP contribution in [0.1, 0.15) is 22.3 Å². The van der Waals surface area contributed by atoms with E-state index in [1.165, 1.54) is 11.1 Å². The van der Waals surface area contributed by atoms with Crippen LogP contribution in [0.3, 0.4) is 0 Å². The monoisotopic (exact) mass is 212 g/mol. The Kier molecular flexibility index (Phi) is 1.90. The average molecular weight is 212 g/mol. The second-order valence-electron chi connectivity index (χ2n) is 4.23. The van der Waals surface area contributed by atoms with E-state index in [1.54, 1.807) is 12.1 Å². The van der Waals surface area contributed by atoms with Gasteiger partial charge < -0.3 is 10.2 Å². The molecule has 0 aromatic heterocycles. The first-order chi connectivity index (χ1) is 7.74. The summed E-state index contributed by atoms with van der Waals surface area (Å²) >= 11 is 0. The van der Waals surface area contributed by atoms with Gasteiger partial charge in [0.2, 0.25) is 0 Å². The molecular formula is C14H12O2. The SMILES string of the molecule is Oc1cc2c(cc1O)Cc1ccccc1C2. The normalized spacial score (nSPS) is 13.0. The van der Waals surface area contributed by atoms with Crippen molar-refractivity contribution in [3.8, 4) is 11.5 Å². The molecular weight excluding hydrogens is 200 g/mol. The first-order valence-corrected chi connectivity index (χ1v) is 5.34. The Bertz CT molecular complexity index is 509.